The van der Waals surface area contributed by atoms with Gasteiger partial charge in [0.1, 0.15) is 6.04 Å². The zero-order valence-corrected chi connectivity index (χ0v) is 14.0. The van der Waals surface area contributed by atoms with Crippen molar-refractivity contribution in [3.63, 3.8) is 0 Å². The van der Waals surface area contributed by atoms with Gasteiger partial charge in [0.05, 0.1) is 5.69 Å². The van der Waals surface area contributed by atoms with Crippen LogP contribution >= 0.6 is 0 Å². The van der Waals surface area contributed by atoms with Crippen molar-refractivity contribution in [1.29, 1.82) is 0 Å². The Morgan fingerprint density at radius 2 is 1.92 bits per heavy atom. The number of carbonyl (C=O) groups excluding carboxylic acids is 1. The molecule has 4 rings (SSSR count). The molecular formula is C19H17N5O. The maximum absolute atomic E-state index is 12.4. The second kappa shape index (κ2) is 6.05. The van der Waals surface area contributed by atoms with Crippen LogP contribution in [0, 0.1) is 6.92 Å². The van der Waals surface area contributed by atoms with Gasteiger partial charge in [0, 0.05) is 19.0 Å². The summed E-state index contributed by atoms with van der Waals surface area (Å²) in [6, 6.07) is 15.8. The zero-order valence-electron chi connectivity index (χ0n) is 14.0. The van der Waals surface area contributed by atoms with Crippen LogP contribution < -0.4 is 4.90 Å². The lowest BCUT2D eigenvalue weighted by atomic mass is 10.1. The van der Waals surface area contributed by atoms with Gasteiger partial charge in [0.15, 0.2) is 11.5 Å². The molecule has 0 fully saturated rings. The van der Waals surface area contributed by atoms with Gasteiger partial charge < -0.3 is 4.90 Å². The number of fused-ring (bicyclic) bond motifs is 1. The van der Waals surface area contributed by atoms with Crippen LogP contribution in [0.25, 0.3) is 0 Å². The molecule has 0 N–H and O–H groups in total. The number of hydrogen-bond donors (Lipinski definition) is 0. The molecule has 0 bridgehead atoms. The van der Waals surface area contributed by atoms with Gasteiger partial charge in [-0.25, -0.2) is 0 Å². The standard InChI is InChI=1S/C19H17N5O/c1-12-8-9-16-14(10-12)18(19(25)24(16)2)23-22-17-11-15(20-21-17)13-6-4-3-5-7-13/h3-10,15H,11H2,1-2H3/b22-17-,23-18+. The minimum absolute atomic E-state index is 0.0309. The summed E-state index contributed by atoms with van der Waals surface area (Å²) in [6.07, 6.45) is 0.589. The predicted octanol–water partition coefficient (Wildman–Crippen LogP) is 3.67. The molecule has 2 heterocycles. The predicted molar refractivity (Wildman–Crippen MR) is 97.2 cm³/mol. The number of rotatable bonds is 2. The van der Waals surface area contributed by atoms with Crippen LogP contribution in [0.4, 0.5) is 5.69 Å². The van der Waals surface area contributed by atoms with E-state index in [-0.39, 0.29) is 11.9 Å². The number of hydrogen-bond acceptors (Lipinski definition) is 4. The number of likely N-dealkylation sites (N-methyl/N-ethyl adjacent to an activating group) is 1. The van der Waals surface area contributed by atoms with Crippen LogP contribution in [0.15, 0.2) is 69.0 Å². The number of azo groups is 1. The van der Waals surface area contributed by atoms with E-state index in [1.807, 2.05) is 55.5 Å². The molecule has 0 aromatic heterocycles. The first-order valence-electron chi connectivity index (χ1n) is 8.13. The highest BCUT2D eigenvalue weighted by Gasteiger charge is 2.31. The summed E-state index contributed by atoms with van der Waals surface area (Å²) in [5.74, 6) is 0.386. The molecule has 0 spiro atoms. The van der Waals surface area contributed by atoms with E-state index in [0.717, 1.165) is 22.4 Å². The minimum atomic E-state index is -0.153. The SMILES string of the molecule is Cc1ccc2c(c1)/C(=N\N=C1\CC(c3ccccc3)N=N1)C(=O)N2C. The van der Waals surface area contributed by atoms with Crippen LogP contribution in [0.3, 0.4) is 0 Å². The smallest absolute Gasteiger partial charge is 0.279 e. The Hall–Kier alpha value is -3.15. The first-order valence-corrected chi connectivity index (χ1v) is 8.13. The van der Waals surface area contributed by atoms with Gasteiger partial charge in [0.2, 0.25) is 0 Å². The molecule has 6 heteroatoms. The van der Waals surface area contributed by atoms with Gasteiger partial charge in [-0.05, 0) is 24.6 Å². The largest absolute Gasteiger partial charge is 0.309 e. The van der Waals surface area contributed by atoms with Crippen LogP contribution in [-0.2, 0) is 4.79 Å². The van der Waals surface area contributed by atoms with E-state index < -0.39 is 0 Å². The molecule has 2 aromatic carbocycles. The zero-order chi connectivity index (χ0) is 17.4. The van der Waals surface area contributed by atoms with Crippen LogP contribution in [0.1, 0.15) is 29.2 Å². The number of carbonyl (C=O) groups is 1. The molecule has 0 aliphatic carbocycles. The quantitative estimate of drug-likeness (QED) is 0.774. The lowest BCUT2D eigenvalue weighted by Gasteiger charge is -2.08. The van der Waals surface area contributed by atoms with Gasteiger partial charge in [0.25, 0.3) is 5.91 Å². The average molecular weight is 331 g/mol. The monoisotopic (exact) mass is 331 g/mol. The summed E-state index contributed by atoms with van der Waals surface area (Å²) < 4.78 is 0. The van der Waals surface area contributed by atoms with Crippen molar-refractivity contribution in [2.45, 2.75) is 19.4 Å². The fraction of sp³-hybridized carbons (Fsp3) is 0.211. The fourth-order valence-corrected chi connectivity index (χ4v) is 3.03. The Labute approximate surface area is 145 Å². The van der Waals surface area contributed by atoms with Gasteiger partial charge in [-0.3, -0.25) is 4.79 Å². The highest BCUT2D eigenvalue weighted by Crippen LogP contribution is 2.30. The summed E-state index contributed by atoms with van der Waals surface area (Å²) in [6.45, 7) is 1.99. The van der Waals surface area contributed by atoms with Crippen molar-refractivity contribution >= 4 is 23.1 Å². The first-order chi connectivity index (χ1) is 12.1. The van der Waals surface area contributed by atoms with Crippen molar-refractivity contribution in [1.82, 2.24) is 0 Å². The Kier molecular flexibility index (Phi) is 3.72. The summed E-state index contributed by atoms with van der Waals surface area (Å²) >= 11 is 0. The summed E-state index contributed by atoms with van der Waals surface area (Å²) in [5.41, 5.74) is 4.19. The first kappa shape index (κ1) is 15.4. The van der Waals surface area contributed by atoms with Crippen molar-refractivity contribution in [2.24, 2.45) is 20.4 Å². The minimum Gasteiger partial charge on any atom is -0.309 e. The van der Waals surface area contributed by atoms with Gasteiger partial charge in [-0.15, -0.1) is 15.3 Å². The van der Waals surface area contributed by atoms with E-state index in [0.29, 0.717) is 18.0 Å². The topological polar surface area (TPSA) is 69.7 Å². The molecule has 1 atom stereocenters. The lowest BCUT2D eigenvalue weighted by molar-refractivity contribution is -0.111. The third kappa shape index (κ3) is 2.76. The number of benzene rings is 2. The third-order valence-electron chi connectivity index (χ3n) is 4.41. The normalized spacial score (nSPS) is 22.2. The maximum atomic E-state index is 12.4. The second-order valence-electron chi connectivity index (χ2n) is 6.20. The van der Waals surface area contributed by atoms with Crippen molar-refractivity contribution in [3.05, 3.63) is 65.2 Å². The van der Waals surface area contributed by atoms with E-state index >= 15 is 0 Å². The molecule has 2 aliphatic rings. The molecule has 2 aromatic rings. The maximum Gasteiger partial charge on any atom is 0.279 e. The Morgan fingerprint density at radius 3 is 2.72 bits per heavy atom. The van der Waals surface area contributed by atoms with E-state index in [1.165, 1.54) is 0 Å². The van der Waals surface area contributed by atoms with Crippen molar-refractivity contribution in [2.75, 3.05) is 11.9 Å². The Balaban J connectivity index is 1.61. The molecule has 1 amide bonds. The molecule has 6 nitrogen and oxygen atoms in total. The summed E-state index contributed by atoms with van der Waals surface area (Å²) in [7, 11) is 1.74. The number of amidine groups is 1. The van der Waals surface area contributed by atoms with E-state index in [1.54, 1.807) is 11.9 Å². The number of amides is 1. The highest BCUT2D eigenvalue weighted by molar-refractivity contribution is 6.54. The third-order valence-corrected chi connectivity index (χ3v) is 4.41. The van der Waals surface area contributed by atoms with E-state index in [2.05, 4.69) is 20.4 Å². The molecule has 0 saturated heterocycles. The molecule has 2 aliphatic heterocycles. The van der Waals surface area contributed by atoms with Gasteiger partial charge in [-0.1, -0.05) is 42.0 Å². The Morgan fingerprint density at radius 1 is 1.12 bits per heavy atom. The highest BCUT2D eigenvalue weighted by atomic mass is 16.2. The number of aryl methyl sites for hydroxylation is 1. The molecule has 25 heavy (non-hydrogen) atoms. The molecule has 0 saturated carbocycles. The molecular weight excluding hydrogens is 314 g/mol. The number of anilines is 1. The van der Waals surface area contributed by atoms with Crippen LogP contribution in [0.2, 0.25) is 0 Å². The Bertz CT molecular complexity index is 930. The summed E-state index contributed by atoms with van der Waals surface area (Å²) in [4.78, 5) is 14.0. The van der Waals surface area contributed by atoms with Crippen LogP contribution in [-0.4, -0.2) is 24.5 Å². The molecule has 0 radical (unpaired) electrons. The fourth-order valence-electron chi connectivity index (χ4n) is 3.03. The van der Waals surface area contributed by atoms with E-state index in [4.69, 9.17) is 0 Å². The lowest BCUT2D eigenvalue weighted by Crippen LogP contribution is -2.25. The average Bonchev–Trinajstić information content (AvgIpc) is 3.19. The number of nitrogens with zero attached hydrogens (tertiary/aromatic N) is 5. The van der Waals surface area contributed by atoms with Crippen molar-refractivity contribution < 1.29 is 4.79 Å². The second-order valence-corrected chi connectivity index (χ2v) is 6.20. The molecule has 124 valence electrons. The van der Waals surface area contributed by atoms with E-state index in [9.17, 15) is 4.79 Å². The van der Waals surface area contributed by atoms with Crippen LogP contribution in [0.5, 0.6) is 0 Å². The van der Waals surface area contributed by atoms with Gasteiger partial charge in [-0.2, -0.15) is 5.11 Å². The molecule has 1 unspecified atom stereocenters. The summed E-state index contributed by atoms with van der Waals surface area (Å²) in [5, 5.41) is 16.8. The van der Waals surface area contributed by atoms with Gasteiger partial charge >= 0.3 is 0 Å². The van der Waals surface area contributed by atoms with Crippen molar-refractivity contribution in [3.8, 4) is 0 Å².